The monoisotopic (exact) mass is 348 g/mol. The van der Waals surface area contributed by atoms with Crippen molar-refractivity contribution < 1.29 is 14.9 Å². The van der Waals surface area contributed by atoms with Gasteiger partial charge >= 0.3 is 0 Å². The molecule has 0 heterocycles. The summed E-state index contributed by atoms with van der Waals surface area (Å²) < 4.78 is 5.21. The Hall–Kier alpha value is -2.62. The van der Waals surface area contributed by atoms with Gasteiger partial charge in [-0.05, 0) is 35.2 Å². The second-order valence-corrected chi connectivity index (χ2v) is 6.43. The van der Waals surface area contributed by atoms with Crippen LogP contribution in [0.4, 0.5) is 0 Å². The summed E-state index contributed by atoms with van der Waals surface area (Å²) in [6.07, 6.45) is -0.988. The quantitative estimate of drug-likeness (QED) is 0.668. The summed E-state index contributed by atoms with van der Waals surface area (Å²) in [5.41, 5.74) is 2.66. The van der Waals surface area contributed by atoms with Crippen molar-refractivity contribution >= 4 is 0 Å². The molecule has 3 rings (SSSR count). The average Bonchev–Trinajstić information content (AvgIpc) is 2.73. The SMILES string of the molecule is COc1ccc(CC([C@@H](O)c2ccccc2)[C@@H](O)c2ccccc2)cc1. The van der Waals surface area contributed by atoms with E-state index in [2.05, 4.69) is 0 Å². The van der Waals surface area contributed by atoms with E-state index >= 15 is 0 Å². The molecule has 0 aromatic heterocycles. The second-order valence-electron chi connectivity index (χ2n) is 6.43. The highest BCUT2D eigenvalue weighted by Gasteiger charge is 2.29. The zero-order chi connectivity index (χ0) is 18.4. The first kappa shape index (κ1) is 18.2. The van der Waals surface area contributed by atoms with Crippen molar-refractivity contribution in [1.29, 1.82) is 0 Å². The zero-order valence-electron chi connectivity index (χ0n) is 14.8. The van der Waals surface area contributed by atoms with E-state index in [-0.39, 0.29) is 5.92 Å². The van der Waals surface area contributed by atoms with E-state index in [1.165, 1.54) is 0 Å². The molecule has 0 saturated heterocycles. The summed E-state index contributed by atoms with van der Waals surface area (Å²) >= 11 is 0. The summed E-state index contributed by atoms with van der Waals surface area (Å²) in [5, 5.41) is 22.0. The highest BCUT2D eigenvalue weighted by Crippen LogP contribution is 2.35. The van der Waals surface area contributed by atoms with Crippen molar-refractivity contribution in [2.24, 2.45) is 5.92 Å². The fourth-order valence-electron chi connectivity index (χ4n) is 3.22. The summed E-state index contributed by atoms with van der Waals surface area (Å²) in [6.45, 7) is 0. The molecule has 26 heavy (non-hydrogen) atoms. The van der Waals surface area contributed by atoms with Crippen LogP contribution in [0, 0.1) is 5.92 Å². The molecule has 3 aromatic rings. The fourth-order valence-corrected chi connectivity index (χ4v) is 3.22. The number of methoxy groups -OCH3 is 1. The minimum atomic E-state index is -0.770. The molecule has 0 saturated carbocycles. The minimum absolute atomic E-state index is 0.367. The summed E-state index contributed by atoms with van der Waals surface area (Å²) in [4.78, 5) is 0. The predicted octanol–water partition coefficient (Wildman–Crippen LogP) is 4.32. The van der Waals surface area contributed by atoms with Gasteiger partial charge < -0.3 is 14.9 Å². The van der Waals surface area contributed by atoms with Gasteiger partial charge in [0.05, 0.1) is 19.3 Å². The van der Waals surface area contributed by atoms with Crippen LogP contribution < -0.4 is 4.74 Å². The molecule has 3 nitrogen and oxygen atoms in total. The summed E-state index contributed by atoms with van der Waals surface area (Å²) in [5.74, 6) is 0.422. The van der Waals surface area contributed by atoms with Gasteiger partial charge in [0.1, 0.15) is 5.75 Å². The van der Waals surface area contributed by atoms with E-state index in [1.807, 2.05) is 84.9 Å². The standard InChI is InChI=1S/C23H24O3/c1-26-20-14-12-17(13-15-20)16-21(22(24)18-8-4-2-5-9-18)23(25)19-10-6-3-7-11-19/h2-15,21-25H,16H2,1H3/t22-,23-/m0/s1. The lowest BCUT2D eigenvalue weighted by atomic mass is 9.83. The highest BCUT2D eigenvalue weighted by atomic mass is 16.5. The van der Waals surface area contributed by atoms with E-state index in [9.17, 15) is 10.2 Å². The van der Waals surface area contributed by atoms with E-state index in [0.717, 1.165) is 22.4 Å². The van der Waals surface area contributed by atoms with Crippen LogP contribution in [0.1, 0.15) is 28.9 Å². The lowest BCUT2D eigenvalue weighted by molar-refractivity contribution is 0.00998. The molecule has 0 aliphatic carbocycles. The van der Waals surface area contributed by atoms with Crippen LogP contribution in [0.25, 0.3) is 0 Å². The molecular formula is C23H24O3. The highest BCUT2D eigenvalue weighted by molar-refractivity contribution is 5.29. The van der Waals surface area contributed by atoms with Crippen molar-refractivity contribution in [3.05, 3.63) is 102 Å². The van der Waals surface area contributed by atoms with Crippen LogP contribution in [-0.4, -0.2) is 17.3 Å². The first-order valence-corrected chi connectivity index (χ1v) is 8.78. The van der Waals surface area contributed by atoms with Gasteiger partial charge in [-0.15, -0.1) is 0 Å². The smallest absolute Gasteiger partial charge is 0.118 e. The molecule has 0 bridgehead atoms. The second kappa shape index (κ2) is 8.65. The van der Waals surface area contributed by atoms with Crippen LogP contribution in [0.5, 0.6) is 5.75 Å². The van der Waals surface area contributed by atoms with E-state index in [1.54, 1.807) is 7.11 Å². The lowest BCUT2D eigenvalue weighted by Crippen LogP contribution is -2.23. The van der Waals surface area contributed by atoms with Crippen molar-refractivity contribution in [3.8, 4) is 5.75 Å². The molecule has 2 N–H and O–H groups in total. The maximum Gasteiger partial charge on any atom is 0.118 e. The van der Waals surface area contributed by atoms with Gasteiger partial charge in [0.25, 0.3) is 0 Å². The first-order chi connectivity index (χ1) is 12.7. The van der Waals surface area contributed by atoms with Crippen molar-refractivity contribution in [3.63, 3.8) is 0 Å². The molecule has 3 aromatic carbocycles. The summed E-state index contributed by atoms with van der Waals surface area (Å²) in [6, 6.07) is 26.8. The van der Waals surface area contributed by atoms with Crippen molar-refractivity contribution in [1.82, 2.24) is 0 Å². The summed E-state index contributed by atoms with van der Waals surface area (Å²) in [7, 11) is 1.64. The van der Waals surface area contributed by atoms with Gasteiger partial charge in [-0.25, -0.2) is 0 Å². The molecule has 0 fully saturated rings. The number of ether oxygens (including phenoxy) is 1. The number of benzene rings is 3. The Morgan fingerprint density at radius 2 is 1.15 bits per heavy atom. The normalized spacial score (nSPS) is 13.4. The third-order valence-electron chi connectivity index (χ3n) is 4.72. The number of hydrogen-bond acceptors (Lipinski definition) is 3. The third-order valence-corrected chi connectivity index (χ3v) is 4.72. The molecule has 134 valence electrons. The topological polar surface area (TPSA) is 49.7 Å². The van der Waals surface area contributed by atoms with Crippen LogP contribution >= 0.6 is 0 Å². The molecule has 0 amide bonds. The van der Waals surface area contributed by atoms with Crippen molar-refractivity contribution in [2.75, 3.05) is 7.11 Å². The lowest BCUT2D eigenvalue weighted by Gasteiger charge is -2.28. The maximum absolute atomic E-state index is 11.0. The van der Waals surface area contributed by atoms with Crippen LogP contribution in [0.2, 0.25) is 0 Å². The van der Waals surface area contributed by atoms with Crippen molar-refractivity contribution in [2.45, 2.75) is 18.6 Å². The molecule has 0 unspecified atom stereocenters. The van der Waals surface area contributed by atoms with E-state index in [4.69, 9.17) is 4.74 Å². The molecular weight excluding hydrogens is 324 g/mol. The number of aliphatic hydroxyl groups is 2. The Balaban J connectivity index is 1.89. The molecule has 0 spiro atoms. The van der Waals surface area contributed by atoms with Gasteiger partial charge in [0.2, 0.25) is 0 Å². The zero-order valence-corrected chi connectivity index (χ0v) is 14.8. The van der Waals surface area contributed by atoms with E-state index < -0.39 is 12.2 Å². The van der Waals surface area contributed by atoms with Gasteiger partial charge in [0, 0.05) is 5.92 Å². The number of rotatable bonds is 7. The first-order valence-electron chi connectivity index (χ1n) is 8.78. The Morgan fingerprint density at radius 3 is 1.58 bits per heavy atom. The van der Waals surface area contributed by atoms with Crippen LogP contribution in [-0.2, 0) is 6.42 Å². The third kappa shape index (κ3) is 4.31. The van der Waals surface area contributed by atoms with E-state index in [0.29, 0.717) is 6.42 Å². The van der Waals surface area contributed by atoms with Gasteiger partial charge in [-0.1, -0.05) is 72.8 Å². The Bertz CT molecular complexity index is 739. The molecule has 3 heteroatoms. The largest absolute Gasteiger partial charge is 0.497 e. The number of hydrogen-bond donors (Lipinski definition) is 2. The van der Waals surface area contributed by atoms with Crippen LogP contribution in [0.15, 0.2) is 84.9 Å². The van der Waals surface area contributed by atoms with Gasteiger partial charge in [0.15, 0.2) is 0 Å². The van der Waals surface area contributed by atoms with Crippen LogP contribution in [0.3, 0.4) is 0 Å². The van der Waals surface area contributed by atoms with Gasteiger partial charge in [-0.3, -0.25) is 0 Å². The fraction of sp³-hybridized carbons (Fsp3) is 0.217. The maximum atomic E-state index is 11.0. The Morgan fingerprint density at radius 1 is 0.692 bits per heavy atom. The molecule has 0 aliphatic heterocycles. The Kier molecular flexibility index (Phi) is 6.05. The predicted molar refractivity (Wildman–Crippen MR) is 103 cm³/mol. The molecule has 2 atom stereocenters. The minimum Gasteiger partial charge on any atom is -0.497 e. The Labute approximate surface area is 154 Å². The molecule has 0 aliphatic rings. The average molecular weight is 348 g/mol. The van der Waals surface area contributed by atoms with Gasteiger partial charge in [-0.2, -0.15) is 0 Å². The molecule has 0 radical (unpaired) electrons. The number of aliphatic hydroxyl groups excluding tert-OH is 2.